The number of rotatable bonds is 16. The van der Waals surface area contributed by atoms with Crippen molar-refractivity contribution < 1.29 is 129 Å². The van der Waals surface area contributed by atoms with Crippen molar-refractivity contribution in [2.24, 2.45) is 0 Å². The Bertz CT molecular complexity index is 1220. The quantitative estimate of drug-likeness (QED) is 0.0740. The van der Waals surface area contributed by atoms with E-state index in [1.165, 1.54) is 0 Å². The van der Waals surface area contributed by atoms with Crippen LogP contribution in [0.4, 0.5) is 110 Å². The lowest BCUT2D eigenvalue weighted by atomic mass is 9.84. The number of ether oxygens (including phenoxy) is 2. The maximum absolute atomic E-state index is 14.2. The Labute approximate surface area is 252 Å². The first-order valence-electron chi connectivity index (χ1n) is 11.2. The van der Waals surface area contributed by atoms with Gasteiger partial charge in [-0.2, -0.15) is 110 Å². The van der Waals surface area contributed by atoms with Crippen LogP contribution >= 0.6 is 0 Å². The molecule has 0 radical (unpaired) electrons. The Morgan fingerprint density at radius 2 is 0.776 bits per heavy atom. The molecule has 0 aromatic heterocycles. The molecule has 0 aromatic rings. The summed E-state index contributed by atoms with van der Waals surface area (Å²) in [5.74, 6) is -102. The van der Waals surface area contributed by atoms with Crippen molar-refractivity contribution in [2.75, 3.05) is 7.11 Å². The number of aliphatic hydroxyl groups excluding tert-OH is 1. The fourth-order valence-corrected chi connectivity index (χ4v) is 2.96. The van der Waals surface area contributed by atoms with Gasteiger partial charge in [-0.3, -0.25) is 0 Å². The molecule has 29 heteroatoms. The third-order valence-corrected chi connectivity index (χ3v) is 5.99. The lowest BCUT2D eigenvalue weighted by molar-refractivity contribution is -0.482. The van der Waals surface area contributed by atoms with E-state index in [1.54, 1.807) is 0 Å². The van der Waals surface area contributed by atoms with Gasteiger partial charge in [0.15, 0.2) is 12.4 Å². The SMILES string of the molecule is C=C(C)C(=O)OC(CC(F)(F)C(F)(F)C(F)(F)C(F)(F)C(F)(F)C(F)(F)C(F)(F)C(F)(F)C(F)(F)C(F)(F)C(F)(F)C(F)(F)F)C(O)OC. The first-order chi connectivity index (χ1) is 20.9. The van der Waals surface area contributed by atoms with Gasteiger partial charge in [0, 0.05) is 12.7 Å². The summed E-state index contributed by atoms with van der Waals surface area (Å²) in [6.45, 7) is 3.38. The Balaban J connectivity index is 7.33. The number of carbonyl (C=O) groups excluding carboxylic acids is 1. The van der Waals surface area contributed by atoms with Crippen molar-refractivity contribution in [1.29, 1.82) is 0 Å². The molecule has 0 fully saturated rings. The van der Waals surface area contributed by atoms with Crippen LogP contribution in [0.1, 0.15) is 13.3 Å². The molecule has 2 unspecified atom stereocenters. The van der Waals surface area contributed by atoms with E-state index in [2.05, 4.69) is 16.1 Å². The summed E-state index contributed by atoms with van der Waals surface area (Å²) in [5.41, 5.74) is -0.912. The third kappa shape index (κ3) is 6.41. The fourth-order valence-electron chi connectivity index (χ4n) is 2.96. The summed E-state index contributed by atoms with van der Waals surface area (Å²) in [4.78, 5) is 11.4. The van der Waals surface area contributed by atoms with E-state index < -0.39 is 102 Å². The molecule has 0 saturated carbocycles. The summed E-state index contributed by atoms with van der Waals surface area (Å²) in [5, 5.41) is 9.32. The van der Waals surface area contributed by atoms with Crippen LogP contribution < -0.4 is 0 Å². The van der Waals surface area contributed by atoms with E-state index in [0.717, 1.165) is 0 Å². The zero-order chi connectivity index (χ0) is 40.4. The maximum atomic E-state index is 14.2. The van der Waals surface area contributed by atoms with Crippen LogP contribution in [-0.4, -0.2) is 102 Å². The number of alkyl halides is 25. The topological polar surface area (TPSA) is 55.8 Å². The van der Waals surface area contributed by atoms with Crippen LogP contribution in [-0.2, 0) is 14.3 Å². The molecule has 0 heterocycles. The van der Waals surface area contributed by atoms with Crippen LogP contribution in [0.5, 0.6) is 0 Å². The highest BCUT2D eigenvalue weighted by Crippen LogP contribution is 2.68. The van der Waals surface area contributed by atoms with Gasteiger partial charge in [-0.05, 0) is 6.92 Å². The number of aliphatic hydroxyl groups is 1. The molecule has 0 spiro atoms. The Morgan fingerprint density at radius 1 is 0.531 bits per heavy atom. The summed E-state index contributed by atoms with van der Waals surface area (Å²) in [7, 11) is 0.230. The van der Waals surface area contributed by atoms with Gasteiger partial charge in [0.05, 0.1) is 6.42 Å². The summed E-state index contributed by atoms with van der Waals surface area (Å²) < 4.78 is 347. The van der Waals surface area contributed by atoms with Crippen molar-refractivity contribution >= 4 is 5.97 Å². The van der Waals surface area contributed by atoms with Crippen LogP contribution in [0.15, 0.2) is 12.2 Å². The average Bonchev–Trinajstić information content (AvgIpc) is 2.89. The van der Waals surface area contributed by atoms with Crippen molar-refractivity contribution in [3.63, 3.8) is 0 Å². The summed E-state index contributed by atoms with van der Waals surface area (Å²) in [6.07, 6.45) is -18.4. The van der Waals surface area contributed by atoms with Gasteiger partial charge in [-0.25, -0.2) is 4.79 Å². The molecule has 1 N–H and O–H groups in total. The Hall–Kier alpha value is -2.62. The van der Waals surface area contributed by atoms with Gasteiger partial charge in [-0.1, -0.05) is 6.58 Å². The van der Waals surface area contributed by atoms with Crippen molar-refractivity contribution in [1.82, 2.24) is 0 Å². The molecular weight excluding hydrogens is 779 g/mol. The molecule has 0 aliphatic carbocycles. The number of hydrogen-bond acceptors (Lipinski definition) is 4. The average molecular weight is 792 g/mol. The molecule has 0 rings (SSSR count). The fraction of sp³-hybridized carbons (Fsp3) is 0.850. The van der Waals surface area contributed by atoms with Gasteiger partial charge >= 0.3 is 77.3 Å². The van der Waals surface area contributed by atoms with Gasteiger partial charge in [0.25, 0.3) is 0 Å². The van der Waals surface area contributed by atoms with Crippen LogP contribution in [0.2, 0.25) is 0 Å². The molecule has 292 valence electrons. The first-order valence-corrected chi connectivity index (χ1v) is 11.2. The van der Waals surface area contributed by atoms with Crippen LogP contribution in [0, 0.1) is 0 Å². The standard InChI is InChI=1S/C20H13F25O4/c1-5(2)7(46)49-6(8(47)48-3)4-9(21,22)10(23,24)11(25,26)12(27,28)13(29,30)14(31,32)15(33,34)16(35,36)17(37,38)18(39,40)19(41,42)20(43,44)45/h6,8,47H,1,4H2,2-3H3. The second-order valence-electron chi connectivity index (χ2n) is 9.50. The molecule has 0 saturated heterocycles. The minimum Gasteiger partial charge on any atom is -0.453 e. The first kappa shape index (κ1) is 46.4. The molecule has 0 aromatic carbocycles. The lowest BCUT2D eigenvalue weighted by Crippen LogP contribution is -2.78. The summed E-state index contributed by atoms with van der Waals surface area (Å²) in [6, 6.07) is 0. The van der Waals surface area contributed by atoms with E-state index in [9.17, 15) is 120 Å². The number of halogens is 25. The molecule has 49 heavy (non-hydrogen) atoms. The van der Waals surface area contributed by atoms with Gasteiger partial charge in [0.2, 0.25) is 0 Å². The predicted octanol–water partition coefficient (Wildman–Crippen LogP) is 8.38. The van der Waals surface area contributed by atoms with Crippen molar-refractivity contribution in [3.05, 3.63) is 12.2 Å². The molecule has 2 atom stereocenters. The van der Waals surface area contributed by atoms with E-state index in [4.69, 9.17) is 0 Å². The molecule has 0 bridgehead atoms. The monoisotopic (exact) mass is 792 g/mol. The molecular formula is C20H13F25O4. The zero-order valence-corrected chi connectivity index (χ0v) is 22.7. The normalized spacial score (nSPS) is 17.1. The number of carbonyl (C=O) groups is 1. The molecule has 0 aliphatic heterocycles. The number of methoxy groups -OCH3 is 1. The highest BCUT2D eigenvalue weighted by molar-refractivity contribution is 5.87. The van der Waals surface area contributed by atoms with Gasteiger partial charge < -0.3 is 14.6 Å². The molecule has 4 nitrogen and oxygen atoms in total. The van der Waals surface area contributed by atoms with Crippen molar-refractivity contribution in [3.8, 4) is 0 Å². The Morgan fingerprint density at radius 3 is 1.00 bits per heavy atom. The molecule has 0 amide bonds. The van der Waals surface area contributed by atoms with Crippen LogP contribution in [0.3, 0.4) is 0 Å². The van der Waals surface area contributed by atoms with Gasteiger partial charge in [0.1, 0.15) is 0 Å². The maximum Gasteiger partial charge on any atom is 0.460 e. The van der Waals surface area contributed by atoms with E-state index in [1.807, 2.05) is 0 Å². The summed E-state index contributed by atoms with van der Waals surface area (Å²) >= 11 is 0. The van der Waals surface area contributed by atoms with E-state index in [0.29, 0.717) is 6.92 Å². The van der Waals surface area contributed by atoms with Crippen molar-refractivity contribution in [2.45, 2.75) is 97.1 Å². The zero-order valence-electron chi connectivity index (χ0n) is 22.7. The third-order valence-electron chi connectivity index (χ3n) is 5.99. The van der Waals surface area contributed by atoms with E-state index in [-0.39, 0.29) is 7.11 Å². The smallest absolute Gasteiger partial charge is 0.453 e. The predicted molar refractivity (Wildman–Crippen MR) is 103 cm³/mol. The highest BCUT2D eigenvalue weighted by Gasteiger charge is 2.99. The van der Waals surface area contributed by atoms with Crippen LogP contribution in [0.25, 0.3) is 0 Å². The number of esters is 1. The molecule has 0 aliphatic rings. The minimum atomic E-state index is -9.69. The Kier molecular flexibility index (Phi) is 11.9. The van der Waals surface area contributed by atoms with E-state index >= 15 is 0 Å². The van der Waals surface area contributed by atoms with Gasteiger partial charge in [-0.15, -0.1) is 0 Å². The highest BCUT2D eigenvalue weighted by atomic mass is 19.4. The second-order valence-corrected chi connectivity index (χ2v) is 9.50. The largest absolute Gasteiger partial charge is 0.460 e. The number of hydrogen-bond donors (Lipinski definition) is 1. The second kappa shape index (κ2) is 12.6. The lowest BCUT2D eigenvalue weighted by Gasteiger charge is -2.45. The minimum absolute atomic E-state index is 0.230.